The summed E-state index contributed by atoms with van der Waals surface area (Å²) < 4.78 is 6.80. The van der Waals surface area contributed by atoms with Crippen LogP contribution in [-0.4, -0.2) is 29.1 Å². The number of hydrogen-bond acceptors (Lipinski definition) is 5. The molecule has 0 aliphatic rings. The lowest BCUT2D eigenvalue weighted by atomic mass is 10.1. The summed E-state index contributed by atoms with van der Waals surface area (Å²) in [5, 5.41) is 3.52. The summed E-state index contributed by atoms with van der Waals surface area (Å²) >= 11 is 0. The largest absolute Gasteiger partial charge is 0.497 e. The first kappa shape index (κ1) is 21.1. The molecule has 7 nitrogen and oxygen atoms in total. The number of carbonyl (C=O) groups excluding carboxylic acids is 1. The highest BCUT2D eigenvalue weighted by atomic mass is 16.5. The zero-order valence-corrected chi connectivity index (χ0v) is 17.7. The Hall–Kier alpha value is -4.13. The Morgan fingerprint density at radius 3 is 2.53 bits per heavy atom. The number of aromatic nitrogens is 2. The predicted molar refractivity (Wildman–Crippen MR) is 125 cm³/mol. The number of nitrogens with one attached hydrogen (secondary N) is 1. The van der Waals surface area contributed by atoms with Crippen molar-refractivity contribution < 1.29 is 9.53 Å². The molecule has 32 heavy (non-hydrogen) atoms. The second-order valence-corrected chi connectivity index (χ2v) is 7.44. The van der Waals surface area contributed by atoms with E-state index in [1.165, 1.54) is 0 Å². The van der Waals surface area contributed by atoms with Gasteiger partial charge in [-0.3, -0.25) is 14.6 Å². The van der Waals surface area contributed by atoms with Gasteiger partial charge in [0.1, 0.15) is 11.3 Å². The van der Waals surface area contributed by atoms with Gasteiger partial charge >= 0.3 is 0 Å². The van der Waals surface area contributed by atoms with Crippen molar-refractivity contribution in [2.24, 2.45) is 0 Å². The molecule has 162 valence electrons. The van der Waals surface area contributed by atoms with Crippen molar-refractivity contribution in [2.45, 2.75) is 13.0 Å². The molecule has 0 bridgehead atoms. The highest BCUT2D eigenvalue weighted by molar-refractivity contribution is 6.00. The van der Waals surface area contributed by atoms with Crippen LogP contribution in [0.1, 0.15) is 21.5 Å². The second kappa shape index (κ2) is 9.34. The van der Waals surface area contributed by atoms with Crippen LogP contribution in [0.25, 0.3) is 10.9 Å². The number of benzene rings is 2. The fourth-order valence-corrected chi connectivity index (χ4v) is 3.62. The zero-order valence-electron chi connectivity index (χ0n) is 17.7. The first-order valence-electron chi connectivity index (χ1n) is 10.3. The maximum atomic E-state index is 13.3. The van der Waals surface area contributed by atoms with Crippen molar-refractivity contribution in [1.29, 1.82) is 0 Å². The summed E-state index contributed by atoms with van der Waals surface area (Å²) in [7, 11) is 1.60. The van der Waals surface area contributed by atoms with Gasteiger partial charge in [-0.1, -0.05) is 18.2 Å². The second-order valence-electron chi connectivity index (χ2n) is 7.44. The molecule has 2 aromatic heterocycles. The van der Waals surface area contributed by atoms with E-state index in [0.717, 1.165) is 16.9 Å². The molecule has 2 aromatic carbocycles. The van der Waals surface area contributed by atoms with E-state index in [2.05, 4.69) is 10.3 Å². The van der Waals surface area contributed by atoms with E-state index in [9.17, 15) is 9.59 Å². The van der Waals surface area contributed by atoms with Crippen LogP contribution in [0.15, 0.2) is 77.9 Å². The molecule has 0 saturated heterocycles. The van der Waals surface area contributed by atoms with Gasteiger partial charge in [0.05, 0.1) is 19.2 Å². The van der Waals surface area contributed by atoms with Crippen molar-refractivity contribution in [3.8, 4) is 5.75 Å². The number of anilines is 1. The SMILES string of the molecule is COc1ccc(Cn2c(=O)c(C(=O)NCCc3ccncc3)cc3c(N)cccc32)cc1. The van der Waals surface area contributed by atoms with E-state index < -0.39 is 5.91 Å². The number of pyridine rings is 2. The Balaban J connectivity index is 1.66. The maximum absolute atomic E-state index is 13.3. The van der Waals surface area contributed by atoms with Crippen LogP contribution < -0.4 is 21.3 Å². The molecule has 0 atom stereocenters. The number of hydrogen-bond donors (Lipinski definition) is 2. The molecule has 3 N–H and O–H groups in total. The highest BCUT2D eigenvalue weighted by Gasteiger charge is 2.17. The molecule has 1 amide bonds. The minimum Gasteiger partial charge on any atom is -0.497 e. The van der Waals surface area contributed by atoms with Gasteiger partial charge in [0, 0.05) is 30.0 Å². The van der Waals surface area contributed by atoms with Gasteiger partial charge in [0.15, 0.2) is 0 Å². The fourth-order valence-electron chi connectivity index (χ4n) is 3.62. The van der Waals surface area contributed by atoms with Crippen LogP contribution in [0.2, 0.25) is 0 Å². The summed E-state index contributed by atoms with van der Waals surface area (Å²) in [6, 6.07) is 18.2. The monoisotopic (exact) mass is 428 g/mol. The molecule has 7 heteroatoms. The van der Waals surface area contributed by atoms with Crippen molar-refractivity contribution in [2.75, 3.05) is 19.4 Å². The van der Waals surface area contributed by atoms with E-state index >= 15 is 0 Å². The lowest BCUT2D eigenvalue weighted by Crippen LogP contribution is -2.34. The molecular formula is C25H24N4O3. The smallest absolute Gasteiger partial charge is 0.264 e. The standard InChI is InChI=1S/C25H24N4O3/c1-32-19-7-5-18(6-8-19)16-29-23-4-2-3-22(26)20(23)15-21(25(29)31)24(30)28-14-11-17-9-12-27-13-10-17/h2-10,12-13,15H,11,14,16,26H2,1H3,(H,28,30). The summed E-state index contributed by atoms with van der Waals surface area (Å²) in [6.45, 7) is 0.712. The van der Waals surface area contributed by atoms with Crippen molar-refractivity contribution >= 4 is 22.5 Å². The third kappa shape index (κ3) is 4.46. The lowest BCUT2D eigenvalue weighted by molar-refractivity contribution is 0.0952. The Morgan fingerprint density at radius 1 is 1.06 bits per heavy atom. The number of fused-ring (bicyclic) bond motifs is 1. The summed E-state index contributed by atoms with van der Waals surface area (Å²) in [4.78, 5) is 30.2. The number of ether oxygens (including phenoxy) is 1. The number of rotatable bonds is 7. The van der Waals surface area contributed by atoms with Crippen LogP contribution in [-0.2, 0) is 13.0 Å². The minimum absolute atomic E-state index is 0.0682. The lowest BCUT2D eigenvalue weighted by Gasteiger charge is -2.15. The highest BCUT2D eigenvalue weighted by Crippen LogP contribution is 2.22. The van der Waals surface area contributed by atoms with Crippen molar-refractivity contribution in [3.63, 3.8) is 0 Å². The number of amides is 1. The minimum atomic E-state index is -0.419. The Labute approximate surface area is 185 Å². The first-order valence-corrected chi connectivity index (χ1v) is 10.3. The van der Waals surface area contributed by atoms with Gasteiger partial charge in [-0.15, -0.1) is 0 Å². The molecule has 0 unspecified atom stereocenters. The maximum Gasteiger partial charge on any atom is 0.264 e. The van der Waals surface area contributed by atoms with Crippen LogP contribution in [0, 0.1) is 0 Å². The van der Waals surface area contributed by atoms with Crippen LogP contribution in [0.4, 0.5) is 5.69 Å². The predicted octanol–water partition coefficient (Wildman–Crippen LogP) is 3.01. The molecule has 0 radical (unpaired) electrons. The molecule has 2 heterocycles. The van der Waals surface area contributed by atoms with Crippen LogP contribution >= 0.6 is 0 Å². The molecule has 0 aliphatic heterocycles. The normalized spacial score (nSPS) is 10.8. The van der Waals surface area contributed by atoms with Crippen LogP contribution in [0.3, 0.4) is 0 Å². The average molecular weight is 428 g/mol. The molecule has 0 aliphatic carbocycles. The number of carbonyl (C=O) groups is 1. The number of nitrogens with two attached hydrogens (primary N) is 1. The first-order chi connectivity index (χ1) is 15.6. The zero-order chi connectivity index (χ0) is 22.5. The molecular weight excluding hydrogens is 404 g/mol. The third-order valence-corrected chi connectivity index (χ3v) is 5.36. The van der Waals surface area contributed by atoms with Gasteiger partial charge in [-0.05, 0) is 60.0 Å². The van der Waals surface area contributed by atoms with Gasteiger partial charge in [0.25, 0.3) is 11.5 Å². The Kier molecular flexibility index (Phi) is 6.17. The quantitative estimate of drug-likeness (QED) is 0.441. The van der Waals surface area contributed by atoms with Crippen LogP contribution in [0.5, 0.6) is 5.75 Å². The van der Waals surface area contributed by atoms with Gasteiger partial charge < -0.3 is 20.4 Å². The summed E-state index contributed by atoms with van der Waals surface area (Å²) in [6.07, 6.45) is 4.06. The van der Waals surface area contributed by atoms with E-state index in [1.54, 1.807) is 42.3 Å². The van der Waals surface area contributed by atoms with Crippen molar-refractivity contribution in [1.82, 2.24) is 14.9 Å². The van der Waals surface area contributed by atoms with Gasteiger partial charge in [-0.25, -0.2) is 0 Å². The van der Waals surface area contributed by atoms with E-state index in [0.29, 0.717) is 36.1 Å². The summed E-state index contributed by atoms with van der Waals surface area (Å²) in [5.74, 6) is 0.315. The number of nitrogen functional groups attached to an aromatic ring is 1. The van der Waals surface area contributed by atoms with E-state index in [4.69, 9.17) is 10.5 Å². The van der Waals surface area contributed by atoms with Gasteiger partial charge in [0.2, 0.25) is 0 Å². The topological polar surface area (TPSA) is 99.2 Å². The third-order valence-electron chi connectivity index (χ3n) is 5.36. The Bertz CT molecular complexity index is 1300. The van der Waals surface area contributed by atoms with Gasteiger partial charge in [-0.2, -0.15) is 0 Å². The molecule has 0 fully saturated rings. The fraction of sp³-hybridized carbons (Fsp3) is 0.160. The molecule has 0 saturated carbocycles. The Morgan fingerprint density at radius 2 is 1.81 bits per heavy atom. The van der Waals surface area contributed by atoms with E-state index in [1.807, 2.05) is 42.5 Å². The molecule has 4 rings (SSSR count). The van der Waals surface area contributed by atoms with Crippen molar-refractivity contribution in [3.05, 3.63) is 100 Å². The number of methoxy groups -OCH3 is 1. The summed E-state index contributed by atoms with van der Waals surface area (Å²) in [5.41, 5.74) is 9.04. The number of nitrogens with zero attached hydrogens (tertiary/aromatic N) is 2. The van der Waals surface area contributed by atoms with E-state index in [-0.39, 0.29) is 11.1 Å². The molecule has 4 aromatic rings. The molecule has 0 spiro atoms. The average Bonchev–Trinajstić information content (AvgIpc) is 2.82.